The predicted molar refractivity (Wildman–Crippen MR) is 138 cm³/mol. The monoisotopic (exact) mass is 482 g/mol. The lowest BCUT2D eigenvalue weighted by atomic mass is 9.93. The number of hydrogen-bond acceptors (Lipinski definition) is 5. The Labute approximate surface area is 205 Å². The highest BCUT2D eigenvalue weighted by Gasteiger charge is 2.30. The number of aromatic nitrogens is 1. The van der Waals surface area contributed by atoms with Crippen LogP contribution in [0, 0.1) is 0 Å². The van der Waals surface area contributed by atoms with Gasteiger partial charge in [0.1, 0.15) is 23.2 Å². The first-order valence-electron chi connectivity index (χ1n) is 11.3. The molecule has 1 fully saturated rings. The molecule has 2 aliphatic heterocycles. The van der Waals surface area contributed by atoms with Gasteiger partial charge in [0, 0.05) is 31.4 Å². The summed E-state index contributed by atoms with van der Waals surface area (Å²) in [6, 6.07) is 19.2. The Kier molecular flexibility index (Phi) is 8.25. The number of nitrogens with zero attached hydrogens (tertiary/aromatic N) is 2. The van der Waals surface area contributed by atoms with Crippen molar-refractivity contribution in [1.82, 2.24) is 9.88 Å². The Morgan fingerprint density at radius 3 is 2.44 bits per heavy atom. The lowest BCUT2D eigenvalue weighted by molar-refractivity contribution is 0.0145. The molecule has 0 amide bonds. The van der Waals surface area contributed by atoms with E-state index in [0.717, 1.165) is 60.1 Å². The van der Waals surface area contributed by atoms with Crippen molar-refractivity contribution in [1.29, 1.82) is 0 Å². The first-order chi connectivity index (χ1) is 15.5. The summed E-state index contributed by atoms with van der Waals surface area (Å²) in [6.07, 6.45) is 6.39. The van der Waals surface area contributed by atoms with Gasteiger partial charge in [-0.05, 0) is 73.9 Å². The van der Waals surface area contributed by atoms with Crippen LogP contribution in [-0.2, 0) is 13.0 Å². The molecule has 1 aromatic heterocycles. The first-order valence-corrected chi connectivity index (χ1v) is 12.5. The first kappa shape index (κ1) is 26.0. The fourth-order valence-corrected chi connectivity index (χ4v) is 4.75. The number of ether oxygens (including phenoxy) is 2. The van der Waals surface area contributed by atoms with Gasteiger partial charge in [-0.25, -0.2) is 4.98 Å². The summed E-state index contributed by atoms with van der Waals surface area (Å²) in [5.41, 5.74) is 4.94. The van der Waals surface area contributed by atoms with E-state index < -0.39 is 0 Å². The molecule has 2 aromatic carbocycles. The summed E-state index contributed by atoms with van der Waals surface area (Å²) in [4.78, 5) is 6.90. The molecule has 3 heterocycles. The Hall–Kier alpha value is -2.58. The smallest absolute Gasteiger partial charge is 0.124 e. The van der Waals surface area contributed by atoms with E-state index >= 15 is 0 Å². The molecule has 0 unspecified atom stereocenters. The number of hydrogen-bond donors (Lipinski definition) is 0. The van der Waals surface area contributed by atoms with Crippen LogP contribution in [-0.4, -0.2) is 51.9 Å². The summed E-state index contributed by atoms with van der Waals surface area (Å²) < 4.78 is 12.3. The number of aryl methyl sites for hydroxylation is 1. The quantitative estimate of drug-likeness (QED) is 0.491. The average molecular weight is 483 g/mol. The minimum atomic E-state index is -0.0511. The molecule has 0 atom stereocenters. The Morgan fingerprint density at radius 2 is 1.76 bits per heavy atom. The highest BCUT2D eigenvalue weighted by Crippen LogP contribution is 2.34. The van der Waals surface area contributed by atoms with Gasteiger partial charge in [0.2, 0.25) is 0 Å². The van der Waals surface area contributed by atoms with Crippen molar-refractivity contribution in [3.8, 4) is 22.6 Å². The maximum atomic E-state index is 6.18. The average Bonchev–Trinajstić information content (AvgIpc) is 2.78. The summed E-state index contributed by atoms with van der Waals surface area (Å²) >= 11 is 1.66. The summed E-state index contributed by atoms with van der Waals surface area (Å²) in [5, 5.41) is 1.04. The van der Waals surface area contributed by atoms with Crippen LogP contribution >= 0.6 is 11.8 Å². The van der Waals surface area contributed by atoms with Crippen molar-refractivity contribution in [2.45, 2.75) is 50.0 Å². The molecule has 2 aliphatic rings. The minimum Gasteiger partial charge on any atom is -0.488 e. The van der Waals surface area contributed by atoms with Crippen LogP contribution in [0.3, 0.4) is 0 Å². The maximum absolute atomic E-state index is 6.18. The topological polar surface area (TPSA) is 97.6 Å². The molecule has 0 aliphatic carbocycles. The molecule has 0 radical (unpaired) electrons. The molecule has 5 rings (SSSR count). The Morgan fingerprint density at radius 1 is 1.03 bits per heavy atom. The second-order valence-corrected chi connectivity index (χ2v) is 10.2. The lowest BCUT2D eigenvalue weighted by Gasteiger charge is -2.39. The molecule has 0 saturated carbocycles. The van der Waals surface area contributed by atoms with Crippen LogP contribution in [0.2, 0.25) is 0 Å². The van der Waals surface area contributed by atoms with Crippen molar-refractivity contribution in [2.24, 2.45) is 0 Å². The molecule has 6 nitrogen and oxygen atoms in total. The van der Waals surface area contributed by atoms with Gasteiger partial charge >= 0.3 is 0 Å². The van der Waals surface area contributed by atoms with Gasteiger partial charge in [0.15, 0.2) is 0 Å². The van der Waals surface area contributed by atoms with Gasteiger partial charge in [-0.15, -0.1) is 11.8 Å². The van der Waals surface area contributed by atoms with Gasteiger partial charge in [-0.2, -0.15) is 0 Å². The third kappa shape index (κ3) is 5.91. The number of benzene rings is 2. The third-order valence-corrected chi connectivity index (χ3v) is 6.93. The van der Waals surface area contributed by atoms with Gasteiger partial charge < -0.3 is 20.4 Å². The van der Waals surface area contributed by atoms with Gasteiger partial charge in [0.05, 0.1) is 5.03 Å². The number of thioether (sulfide) groups is 1. The van der Waals surface area contributed by atoms with Crippen LogP contribution < -0.4 is 9.47 Å². The third-order valence-electron chi connectivity index (χ3n) is 6.27. The molecule has 34 heavy (non-hydrogen) atoms. The van der Waals surface area contributed by atoms with E-state index in [9.17, 15) is 0 Å². The summed E-state index contributed by atoms with van der Waals surface area (Å²) in [5.74, 6) is 1.98. The van der Waals surface area contributed by atoms with E-state index in [1.165, 1.54) is 11.1 Å². The van der Waals surface area contributed by atoms with Crippen LogP contribution in [0.5, 0.6) is 11.5 Å². The van der Waals surface area contributed by atoms with E-state index in [2.05, 4.69) is 78.3 Å². The normalized spacial score (nSPS) is 16.8. The predicted octanol–water partition coefficient (Wildman–Crippen LogP) is 4.19. The lowest BCUT2D eigenvalue weighted by Crippen LogP contribution is -2.53. The standard InChI is InChI=1S/C27H30N2O2S.2H2O/c1-27(2)13-12-21-14-19(4-10-25(21)31-27)16-29-17-24(18-29)30-23-8-5-20(6-9-23)22-7-11-26(32-3)28-15-22;;/h4-11,14-15,24H,12-13,16-18H2,1-3H3;2*1H2. The number of likely N-dealkylation sites (tertiary alicyclic amines) is 1. The van der Waals surface area contributed by atoms with Crippen LogP contribution in [0.15, 0.2) is 65.8 Å². The molecular weight excluding hydrogens is 448 g/mol. The molecule has 1 saturated heterocycles. The molecule has 4 N–H and O–H groups in total. The molecule has 3 aromatic rings. The highest BCUT2D eigenvalue weighted by atomic mass is 32.2. The van der Waals surface area contributed by atoms with E-state index in [1.54, 1.807) is 11.8 Å². The summed E-state index contributed by atoms with van der Waals surface area (Å²) in [6.45, 7) is 7.22. The van der Waals surface area contributed by atoms with Gasteiger partial charge in [-0.3, -0.25) is 4.90 Å². The van der Waals surface area contributed by atoms with E-state index in [0.29, 0.717) is 0 Å². The Balaban J connectivity index is 0.00000162. The number of fused-ring (bicyclic) bond motifs is 1. The SMILES string of the molecule is CSc1ccc(-c2ccc(OC3CN(Cc4ccc5c(c4)CCC(C)(C)O5)C3)cc2)cn1.O.O. The zero-order valence-corrected chi connectivity index (χ0v) is 20.8. The van der Waals surface area contributed by atoms with Crippen molar-refractivity contribution >= 4 is 11.8 Å². The zero-order valence-electron chi connectivity index (χ0n) is 20.0. The van der Waals surface area contributed by atoms with Crippen LogP contribution in [0.4, 0.5) is 0 Å². The van der Waals surface area contributed by atoms with Crippen LogP contribution in [0.1, 0.15) is 31.4 Å². The van der Waals surface area contributed by atoms with Crippen molar-refractivity contribution in [3.63, 3.8) is 0 Å². The molecular formula is C27H34N2O4S. The van der Waals surface area contributed by atoms with E-state index in [-0.39, 0.29) is 22.7 Å². The zero-order chi connectivity index (χ0) is 22.1. The number of rotatable bonds is 6. The molecule has 0 bridgehead atoms. The molecule has 7 heteroatoms. The van der Waals surface area contributed by atoms with E-state index in [1.807, 2.05) is 12.5 Å². The maximum Gasteiger partial charge on any atom is 0.124 e. The van der Waals surface area contributed by atoms with Crippen LogP contribution in [0.25, 0.3) is 11.1 Å². The van der Waals surface area contributed by atoms with E-state index in [4.69, 9.17) is 9.47 Å². The summed E-state index contributed by atoms with van der Waals surface area (Å²) in [7, 11) is 0. The van der Waals surface area contributed by atoms with Gasteiger partial charge in [0.25, 0.3) is 0 Å². The highest BCUT2D eigenvalue weighted by molar-refractivity contribution is 7.98. The second-order valence-electron chi connectivity index (χ2n) is 9.35. The molecule has 182 valence electrons. The second kappa shape index (κ2) is 10.8. The minimum absolute atomic E-state index is 0. The molecule has 0 spiro atoms. The Bertz CT molecular complexity index is 1080. The largest absolute Gasteiger partial charge is 0.488 e. The fourth-order valence-electron chi connectivity index (χ4n) is 4.39. The number of pyridine rings is 1. The fraction of sp³-hybridized carbons (Fsp3) is 0.370. The van der Waals surface area contributed by atoms with Gasteiger partial charge in [-0.1, -0.05) is 30.3 Å². The van der Waals surface area contributed by atoms with Crippen molar-refractivity contribution in [3.05, 3.63) is 71.9 Å². The van der Waals surface area contributed by atoms with Crippen molar-refractivity contribution in [2.75, 3.05) is 19.3 Å². The van der Waals surface area contributed by atoms with Crippen molar-refractivity contribution < 1.29 is 20.4 Å².